The van der Waals surface area contributed by atoms with E-state index in [2.05, 4.69) is 21.9 Å². The molecule has 6 rings (SSSR count). The monoisotopic (exact) mass is 543 g/mol. The van der Waals surface area contributed by atoms with Crippen LogP contribution in [0.1, 0.15) is 19.4 Å². The molecule has 1 fully saturated rings. The van der Waals surface area contributed by atoms with Gasteiger partial charge in [-0.1, -0.05) is 17.7 Å². The van der Waals surface area contributed by atoms with Gasteiger partial charge in [0.05, 0.1) is 41.2 Å². The van der Waals surface area contributed by atoms with Crippen LogP contribution in [0, 0.1) is 6.92 Å². The first-order valence-corrected chi connectivity index (χ1v) is 14.3. The molecule has 0 N–H and O–H groups in total. The van der Waals surface area contributed by atoms with Crippen LogP contribution < -0.4 is 4.90 Å². The number of hydrogen-bond donors (Lipinski definition) is 0. The summed E-state index contributed by atoms with van der Waals surface area (Å²) in [5, 5.41) is 5.11. The van der Waals surface area contributed by atoms with E-state index in [1.807, 2.05) is 36.7 Å². The average molecular weight is 544 g/mol. The van der Waals surface area contributed by atoms with Gasteiger partial charge in [-0.3, -0.25) is 4.68 Å². The van der Waals surface area contributed by atoms with Gasteiger partial charge >= 0.3 is 0 Å². The zero-order valence-electron chi connectivity index (χ0n) is 22.0. The van der Waals surface area contributed by atoms with Gasteiger partial charge in [0, 0.05) is 42.6 Å². The van der Waals surface area contributed by atoms with E-state index in [0.29, 0.717) is 49.0 Å². The lowest BCUT2D eigenvalue weighted by molar-refractivity contribution is 0.0981. The molecule has 0 amide bonds. The molecule has 0 unspecified atom stereocenters. The summed E-state index contributed by atoms with van der Waals surface area (Å²) >= 11 is 0. The molecule has 1 aliphatic rings. The van der Waals surface area contributed by atoms with Crippen LogP contribution in [-0.2, 0) is 21.3 Å². The third-order valence-corrected chi connectivity index (χ3v) is 8.71. The minimum absolute atomic E-state index is 0.108. The third kappa shape index (κ3) is 4.47. The predicted molar refractivity (Wildman–Crippen MR) is 149 cm³/mol. The molecule has 0 spiro atoms. The van der Waals surface area contributed by atoms with Crippen molar-refractivity contribution in [3.63, 3.8) is 0 Å². The van der Waals surface area contributed by atoms with E-state index < -0.39 is 10.0 Å². The summed E-state index contributed by atoms with van der Waals surface area (Å²) in [7, 11) is -3.84. The lowest BCUT2D eigenvalue weighted by atomic mass is 10.1. The van der Waals surface area contributed by atoms with Crippen molar-refractivity contribution < 1.29 is 13.2 Å². The number of aromatic nitrogens is 6. The molecule has 0 aliphatic carbocycles. The van der Waals surface area contributed by atoms with Crippen LogP contribution >= 0.6 is 0 Å². The molecule has 5 heterocycles. The molecule has 5 aromatic rings. The largest absolute Gasteiger partial charge is 0.377 e. The topological polar surface area (TPSA) is 108 Å². The van der Waals surface area contributed by atoms with Crippen LogP contribution in [0.2, 0.25) is 0 Å². The Morgan fingerprint density at radius 1 is 1.03 bits per heavy atom. The number of pyridine rings is 1. The quantitative estimate of drug-likeness (QED) is 0.314. The molecule has 4 aromatic heterocycles. The van der Waals surface area contributed by atoms with Crippen molar-refractivity contribution in [2.24, 2.45) is 0 Å². The Morgan fingerprint density at radius 3 is 2.59 bits per heavy atom. The number of nitrogens with zero attached hydrogens (tertiary/aromatic N) is 7. The summed E-state index contributed by atoms with van der Waals surface area (Å²) in [6.07, 6.45) is 4.93. The number of ether oxygens (including phenoxy) is 1. The van der Waals surface area contributed by atoms with Gasteiger partial charge in [0.1, 0.15) is 0 Å². The number of benzene rings is 1. The van der Waals surface area contributed by atoms with Gasteiger partial charge in [-0.2, -0.15) is 5.10 Å². The van der Waals surface area contributed by atoms with Crippen molar-refractivity contribution in [1.82, 2.24) is 28.7 Å². The molecular weight excluding hydrogens is 514 g/mol. The van der Waals surface area contributed by atoms with E-state index in [4.69, 9.17) is 14.7 Å². The first-order chi connectivity index (χ1) is 18.9. The molecule has 1 aliphatic heterocycles. The Morgan fingerprint density at radius 2 is 1.82 bits per heavy atom. The van der Waals surface area contributed by atoms with Crippen LogP contribution in [0.4, 0.5) is 5.95 Å². The van der Waals surface area contributed by atoms with E-state index >= 15 is 0 Å². The number of rotatable bonds is 6. The molecule has 39 heavy (non-hydrogen) atoms. The molecule has 1 aromatic carbocycles. The number of anilines is 1. The summed E-state index contributed by atoms with van der Waals surface area (Å²) in [6.45, 7) is 8.61. The van der Waals surface area contributed by atoms with Crippen molar-refractivity contribution in [2.45, 2.75) is 38.3 Å². The molecule has 200 valence electrons. The van der Waals surface area contributed by atoms with Crippen molar-refractivity contribution in [3.8, 4) is 22.6 Å². The normalized spacial score (nSPS) is 16.2. The number of aryl methyl sites for hydroxylation is 2. The molecular formula is C28H29N7O3S. The highest BCUT2D eigenvalue weighted by atomic mass is 32.2. The minimum atomic E-state index is -3.84. The summed E-state index contributed by atoms with van der Waals surface area (Å²) < 4.78 is 35.8. The Labute approximate surface area is 227 Å². The maximum Gasteiger partial charge on any atom is 0.269 e. The van der Waals surface area contributed by atoms with Crippen LogP contribution in [-0.4, -0.2) is 62.9 Å². The van der Waals surface area contributed by atoms with Gasteiger partial charge < -0.3 is 9.64 Å². The Balaban J connectivity index is 1.52. The van der Waals surface area contributed by atoms with Crippen LogP contribution in [0.15, 0.2) is 72.0 Å². The second kappa shape index (κ2) is 9.90. The molecule has 11 heteroatoms. The van der Waals surface area contributed by atoms with Crippen LogP contribution in [0.3, 0.4) is 0 Å². The van der Waals surface area contributed by atoms with E-state index in [0.717, 1.165) is 22.5 Å². The number of morpholine rings is 1. The fourth-order valence-electron chi connectivity index (χ4n) is 4.91. The maximum absolute atomic E-state index is 13.5. The van der Waals surface area contributed by atoms with Crippen molar-refractivity contribution in [1.29, 1.82) is 0 Å². The lowest BCUT2D eigenvalue weighted by Gasteiger charge is -2.33. The Kier molecular flexibility index (Phi) is 6.40. The first kappa shape index (κ1) is 25.2. The number of hydrogen-bond acceptors (Lipinski definition) is 8. The second-order valence-electron chi connectivity index (χ2n) is 9.61. The predicted octanol–water partition coefficient (Wildman–Crippen LogP) is 4.15. The lowest BCUT2D eigenvalue weighted by Crippen LogP contribution is -2.44. The van der Waals surface area contributed by atoms with Crippen molar-refractivity contribution in [3.05, 3.63) is 72.7 Å². The summed E-state index contributed by atoms with van der Waals surface area (Å²) in [6, 6.07) is 14.4. The number of fused-ring (bicyclic) bond motifs is 1. The Hall–Kier alpha value is -4.09. The van der Waals surface area contributed by atoms with E-state index in [1.54, 1.807) is 48.9 Å². The van der Waals surface area contributed by atoms with E-state index in [1.165, 1.54) is 3.97 Å². The summed E-state index contributed by atoms with van der Waals surface area (Å²) in [4.78, 5) is 16.7. The van der Waals surface area contributed by atoms with Gasteiger partial charge in [-0.15, -0.1) is 0 Å². The highest BCUT2D eigenvalue weighted by Crippen LogP contribution is 2.33. The van der Waals surface area contributed by atoms with Crippen molar-refractivity contribution in [2.75, 3.05) is 24.7 Å². The third-order valence-electron chi connectivity index (χ3n) is 7.03. The Bertz CT molecular complexity index is 1760. The van der Waals surface area contributed by atoms with E-state index in [9.17, 15) is 8.42 Å². The highest BCUT2D eigenvalue weighted by Gasteiger charge is 2.25. The van der Waals surface area contributed by atoms with Gasteiger partial charge in [0.2, 0.25) is 5.95 Å². The minimum Gasteiger partial charge on any atom is -0.377 e. The molecule has 10 nitrogen and oxygen atoms in total. The smallest absolute Gasteiger partial charge is 0.269 e. The van der Waals surface area contributed by atoms with E-state index in [-0.39, 0.29) is 10.9 Å². The highest BCUT2D eigenvalue weighted by molar-refractivity contribution is 7.90. The van der Waals surface area contributed by atoms with Crippen molar-refractivity contribution >= 4 is 27.0 Å². The first-order valence-electron chi connectivity index (χ1n) is 12.9. The van der Waals surface area contributed by atoms with Gasteiger partial charge in [0.25, 0.3) is 10.0 Å². The second-order valence-corrected chi connectivity index (χ2v) is 11.4. The maximum atomic E-state index is 13.5. The summed E-state index contributed by atoms with van der Waals surface area (Å²) in [5.74, 6) is 0.596. The van der Waals surface area contributed by atoms with Gasteiger partial charge in [0.15, 0.2) is 5.65 Å². The molecule has 1 atom stereocenters. The van der Waals surface area contributed by atoms with Gasteiger partial charge in [-0.25, -0.2) is 27.3 Å². The zero-order valence-corrected chi connectivity index (χ0v) is 22.8. The SMILES string of the molecule is CCn1nccc1-c1cc(-c2ccnc3c2ccn3S(=O)(=O)c2ccc(C)cc2)nc(N2CCOC[C@H]2C)n1. The fraction of sp³-hybridized carbons (Fsp3) is 0.286. The van der Waals surface area contributed by atoms with Crippen LogP contribution in [0.5, 0.6) is 0 Å². The molecule has 0 bridgehead atoms. The molecule has 0 radical (unpaired) electrons. The van der Waals surface area contributed by atoms with Crippen LogP contribution in [0.25, 0.3) is 33.7 Å². The fourth-order valence-corrected chi connectivity index (χ4v) is 6.22. The zero-order chi connectivity index (χ0) is 27.1. The van der Waals surface area contributed by atoms with Gasteiger partial charge in [-0.05, 0) is 57.2 Å². The molecule has 0 saturated carbocycles. The molecule has 1 saturated heterocycles. The average Bonchev–Trinajstić information content (AvgIpc) is 3.61. The standard InChI is InChI=1S/C28H29N7O3S/c1-4-34-26(10-13-30-34)25-17-24(31-28(32-25)33-15-16-38-18-20(33)3)22-9-12-29-27-23(22)11-14-35(27)39(36,37)21-7-5-19(2)6-8-21/h5-14,17,20H,4,15-16,18H2,1-3H3/t20-/m1/s1. The summed E-state index contributed by atoms with van der Waals surface area (Å²) in [5.41, 5.74) is 4.40.